The Morgan fingerprint density at radius 2 is 2.04 bits per heavy atom. The van der Waals surface area contributed by atoms with Crippen molar-refractivity contribution in [3.63, 3.8) is 0 Å². The number of hydrogen-bond donors (Lipinski definition) is 2. The van der Waals surface area contributed by atoms with E-state index < -0.39 is 15.3 Å². The number of carbonyl (C=O) groups is 1. The fourth-order valence-corrected chi connectivity index (χ4v) is 5.48. The molecule has 24 heavy (non-hydrogen) atoms. The lowest BCUT2D eigenvalue weighted by Crippen LogP contribution is -2.39. The smallest absolute Gasteiger partial charge is 0.321 e. The van der Waals surface area contributed by atoms with Crippen LogP contribution in [0.2, 0.25) is 0 Å². The number of hydrogen-bond acceptors (Lipinski definition) is 5. The van der Waals surface area contributed by atoms with Gasteiger partial charge in [0.25, 0.3) is 0 Å². The zero-order chi connectivity index (χ0) is 17.3. The molecule has 0 radical (unpaired) electrons. The monoisotopic (exact) mass is 372 g/mol. The van der Waals surface area contributed by atoms with Crippen LogP contribution < -0.4 is 10.6 Å². The molecule has 7 nitrogen and oxygen atoms in total. The number of thiazole rings is 1. The molecule has 1 aromatic heterocycles. The molecule has 1 fully saturated rings. The number of rotatable bonds is 4. The fourth-order valence-electron chi connectivity index (χ4n) is 3.13. The summed E-state index contributed by atoms with van der Waals surface area (Å²) in [5, 5.41) is 5.87. The highest BCUT2D eigenvalue weighted by Crippen LogP contribution is 2.30. The van der Waals surface area contributed by atoms with Crippen molar-refractivity contribution in [2.45, 2.75) is 63.8 Å². The first kappa shape index (κ1) is 17.6. The van der Waals surface area contributed by atoms with Crippen molar-refractivity contribution < 1.29 is 13.2 Å². The van der Waals surface area contributed by atoms with E-state index in [0.29, 0.717) is 24.6 Å². The number of sulfonamides is 1. The Bertz CT molecular complexity index is 708. The molecule has 1 aromatic rings. The number of nitrogens with zero attached hydrogens (tertiary/aromatic N) is 2. The molecule has 3 rings (SSSR count). The van der Waals surface area contributed by atoms with Crippen LogP contribution in [0.5, 0.6) is 0 Å². The van der Waals surface area contributed by atoms with Crippen LogP contribution in [-0.4, -0.2) is 41.6 Å². The van der Waals surface area contributed by atoms with Gasteiger partial charge in [-0.1, -0.05) is 24.2 Å². The van der Waals surface area contributed by atoms with Crippen LogP contribution in [0.25, 0.3) is 0 Å². The summed E-state index contributed by atoms with van der Waals surface area (Å²) in [5.74, 6) is 0. The maximum Gasteiger partial charge on any atom is 0.321 e. The SMILES string of the molecule is CC(C)S(=O)(=O)N1CCc2nc(NC(=O)NC3CCCC3)sc2C1. The summed E-state index contributed by atoms with van der Waals surface area (Å²) in [7, 11) is -3.26. The minimum atomic E-state index is -3.26. The maximum absolute atomic E-state index is 12.3. The summed E-state index contributed by atoms with van der Waals surface area (Å²) in [6, 6.07) is 0.0333. The minimum Gasteiger partial charge on any atom is -0.335 e. The zero-order valence-corrected chi connectivity index (χ0v) is 15.7. The number of nitrogens with one attached hydrogen (secondary N) is 2. The van der Waals surface area contributed by atoms with Gasteiger partial charge < -0.3 is 5.32 Å². The van der Waals surface area contributed by atoms with Gasteiger partial charge in [0.1, 0.15) is 0 Å². The van der Waals surface area contributed by atoms with E-state index in [1.165, 1.54) is 15.6 Å². The van der Waals surface area contributed by atoms with Crippen molar-refractivity contribution in [3.05, 3.63) is 10.6 Å². The third-order valence-electron chi connectivity index (χ3n) is 4.56. The van der Waals surface area contributed by atoms with Crippen LogP contribution in [0.15, 0.2) is 0 Å². The molecular formula is C15H24N4O3S2. The van der Waals surface area contributed by atoms with Crippen molar-refractivity contribution in [1.29, 1.82) is 0 Å². The van der Waals surface area contributed by atoms with Crippen LogP contribution in [0, 0.1) is 0 Å². The van der Waals surface area contributed by atoms with Gasteiger partial charge in [-0.05, 0) is 26.7 Å². The van der Waals surface area contributed by atoms with Crippen LogP contribution >= 0.6 is 11.3 Å². The van der Waals surface area contributed by atoms with Crippen LogP contribution in [0.3, 0.4) is 0 Å². The molecule has 2 amide bonds. The molecular weight excluding hydrogens is 348 g/mol. The molecule has 0 unspecified atom stereocenters. The highest BCUT2D eigenvalue weighted by atomic mass is 32.2. The third kappa shape index (κ3) is 3.73. The molecule has 9 heteroatoms. The summed E-state index contributed by atoms with van der Waals surface area (Å²) in [5.41, 5.74) is 0.895. The summed E-state index contributed by atoms with van der Waals surface area (Å²) < 4.78 is 26.1. The Hall–Kier alpha value is -1.19. The Morgan fingerprint density at radius 3 is 2.71 bits per heavy atom. The summed E-state index contributed by atoms with van der Waals surface area (Å²) in [6.07, 6.45) is 4.98. The van der Waals surface area contributed by atoms with Crippen LogP contribution in [-0.2, 0) is 23.0 Å². The first-order valence-corrected chi connectivity index (χ1v) is 10.7. The second-order valence-corrected chi connectivity index (χ2v) is 10.2. The predicted molar refractivity (Wildman–Crippen MR) is 94.7 cm³/mol. The van der Waals surface area contributed by atoms with Gasteiger partial charge >= 0.3 is 6.03 Å². The molecule has 2 aliphatic rings. The predicted octanol–water partition coefficient (Wildman–Crippen LogP) is 2.30. The minimum absolute atomic E-state index is 0.223. The van der Waals surface area contributed by atoms with E-state index in [1.807, 2.05) is 0 Å². The number of urea groups is 1. The highest BCUT2D eigenvalue weighted by molar-refractivity contribution is 7.89. The van der Waals surface area contributed by atoms with Gasteiger partial charge in [0.2, 0.25) is 10.0 Å². The molecule has 2 N–H and O–H groups in total. The van der Waals surface area contributed by atoms with Crippen molar-refractivity contribution in [2.24, 2.45) is 0 Å². The highest BCUT2D eigenvalue weighted by Gasteiger charge is 2.31. The van der Waals surface area contributed by atoms with E-state index in [2.05, 4.69) is 15.6 Å². The Kier molecular flexibility index (Phi) is 5.12. The normalized spacial score (nSPS) is 19.5. The van der Waals surface area contributed by atoms with Gasteiger partial charge in [0.15, 0.2) is 5.13 Å². The van der Waals surface area contributed by atoms with Gasteiger partial charge in [-0.2, -0.15) is 4.31 Å². The number of aromatic nitrogens is 1. The summed E-state index contributed by atoms with van der Waals surface area (Å²) >= 11 is 1.36. The average Bonchev–Trinajstić information content (AvgIpc) is 3.14. The van der Waals surface area contributed by atoms with E-state index >= 15 is 0 Å². The van der Waals surface area contributed by atoms with Gasteiger partial charge in [-0.3, -0.25) is 5.32 Å². The largest absolute Gasteiger partial charge is 0.335 e. The number of anilines is 1. The molecule has 0 saturated heterocycles. The summed E-state index contributed by atoms with van der Waals surface area (Å²) in [6.45, 7) is 4.18. The van der Waals surface area contributed by atoms with Gasteiger partial charge in [0, 0.05) is 30.4 Å². The van der Waals surface area contributed by atoms with Crippen molar-refractivity contribution in [3.8, 4) is 0 Å². The van der Waals surface area contributed by atoms with Gasteiger partial charge in [-0.25, -0.2) is 18.2 Å². The lowest BCUT2D eigenvalue weighted by Gasteiger charge is -2.26. The van der Waals surface area contributed by atoms with Crippen LogP contribution in [0.1, 0.15) is 50.1 Å². The quantitative estimate of drug-likeness (QED) is 0.848. The molecule has 1 aliphatic heterocycles. The zero-order valence-electron chi connectivity index (χ0n) is 14.0. The topological polar surface area (TPSA) is 91.4 Å². The Labute approximate surface area is 146 Å². The molecule has 0 spiro atoms. The lowest BCUT2D eigenvalue weighted by molar-refractivity contribution is 0.248. The number of fused-ring (bicyclic) bond motifs is 1. The van der Waals surface area contributed by atoms with E-state index in [4.69, 9.17) is 0 Å². The lowest BCUT2D eigenvalue weighted by atomic mass is 10.2. The fraction of sp³-hybridized carbons (Fsp3) is 0.733. The van der Waals surface area contributed by atoms with Crippen molar-refractivity contribution in [2.75, 3.05) is 11.9 Å². The molecule has 0 bridgehead atoms. The number of carbonyl (C=O) groups excluding carboxylic acids is 1. The molecule has 1 aliphatic carbocycles. The van der Waals surface area contributed by atoms with Gasteiger partial charge in [0.05, 0.1) is 10.9 Å². The standard InChI is InChI=1S/C15H24N4O3S2/c1-10(2)24(21,22)19-8-7-12-13(9-19)23-15(17-12)18-14(20)16-11-5-3-4-6-11/h10-11H,3-9H2,1-2H3,(H2,16,17,18,20). The maximum atomic E-state index is 12.3. The second kappa shape index (κ2) is 6.97. The summed E-state index contributed by atoms with van der Waals surface area (Å²) in [4.78, 5) is 17.4. The Balaban J connectivity index is 1.63. The second-order valence-electron chi connectivity index (χ2n) is 6.65. The molecule has 0 atom stereocenters. The molecule has 1 saturated carbocycles. The van der Waals surface area contributed by atoms with Crippen molar-refractivity contribution >= 4 is 32.5 Å². The van der Waals surface area contributed by atoms with Crippen LogP contribution in [0.4, 0.5) is 9.93 Å². The first-order chi connectivity index (χ1) is 11.4. The van der Waals surface area contributed by atoms with E-state index in [-0.39, 0.29) is 12.1 Å². The average molecular weight is 373 g/mol. The van der Waals surface area contributed by atoms with E-state index in [0.717, 1.165) is 36.3 Å². The first-order valence-electron chi connectivity index (χ1n) is 8.41. The van der Waals surface area contributed by atoms with Crippen molar-refractivity contribution in [1.82, 2.24) is 14.6 Å². The molecule has 2 heterocycles. The Morgan fingerprint density at radius 1 is 1.33 bits per heavy atom. The van der Waals surface area contributed by atoms with E-state index in [1.54, 1.807) is 13.8 Å². The molecule has 0 aromatic carbocycles. The third-order valence-corrected chi connectivity index (χ3v) is 7.78. The molecule has 134 valence electrons. The van der Waals surface area contributed by atoms with Gasteiger partial charge in [-0.15, -0.1) is 0 Å². The number of amides is 2. The van der Waals surface area contributed by atoms with E-state index in [9.17, 15) is 13.2 Å².